The molecule has 1 aromatic carbocycles. The van der Waals surface area contributed by atoms with Crippen LogP contribution in [0.2, 0.25) is 0 Å². The molecule has 2 rings (SSSR count). The maximum atomic E-state index is 12.9. The van der Waals surface area contributed by atoms with Gasteiger partial charge < -0.3 is 10.1 Å². The Bertz CT molecular complexity index is 674. The molecule has 0 spiro atoms. The molecule has 0 aliphatic rings. The van der Waals surface area contributed by atoms with Crippen molar-refractivity contribution in [3.63, 3.8) is 0 Å². The summed E-state index contributed by atoms with van der Waals surface area (Å²) in [5.74, 6) is -1.31. The van der Waals surface area contributed by atoms with E-state index in [-0.39, 0.29) is 16.5 Å². The lowest BCUT2D eigenvalue weighted by atomic mass is 10.1. The molecule has 84 valence electrons. The molecule has 0 fully saturated rings. The maximum absolute atomic E-state index is 12.9. The second kappa shape index (κ2) is 3.31. The van der Waals surface area contributed by atoms with Gasteiger partial charge in [0.05, 0.1) is 5.56 Å². The van der Waals surface area contributed by atoms with E-state index in [2.05, 4.69) is 4.98 Å². The SMILES string of the molecule is O=C(O)c1cccc2[nH]cc(S(=O)(=O)F)c12. The van der Waals surface area contributed by atoms with Crippen molar-refractivity contribution >= 4 is 27.1 Å². The van der Waals surface area contributed by atoms with Crippen molar-refractivity contribution in [3.05, 3.63) is 30.0 Å². The van der Waals surface area contributed by atoms with E-state index in [1.165, 1.54) is 18.2 Å². The lowest BCUT2D eigenvalue weighted by Gasteiger charge is -1.98. The molecular weight excluding hydrogens is 237 g/mol. The summed E-state index contributed by atoms with van der Waals surface area (Å²) < 4.78 is 34.5. The molecule has 0 saturated carbocycles. The van der Waals surface area contributed by atoms with Crippen molar-refractivity contribution in [2.75, 3.05) is 0 Å². The minimum Gasteiger partial charge on any atom is -0.478 e. The van der Waals surface area contributed by atoms with Crippen molar-refractivity contribution in [3.8, 4) is 0 Å². The Balaban J connectivity index is 2.94. The number of nitrogens with one attached hydrogen (secondary N) is 1. The fourth-order valence-electron chi connectivity index (χ4n) is 1.52. The van der Waals surface area contributed by atoms with Crippen LogP contribution >= 0.6 is 0 Å². The largest absolute Gasteiger partial charge is 0.478 e. The second-order valence-electron chi connectivity index (χ2n) is 3.12. The van der Waals surface area contributed by atoms with Crippen LogP contribution in [0.4, 0.5) is 3.89 Å². The predicted molar refractivity (Wildman–Crippen MR) is 53.6 cm³/mol. The van der Waals surface area contributed by atoms with Crippen molar-refractivity contribution in [2.24, 2.45) is 0 Å². The average molecular weight is 243 g/mol. The third-order valence-corrected chi connectivity index (χ3v) is 3.01. The molecule has 0 radical (unpaired) electrons. The van der Waals surface area contributed by atoms with Gasteiger partial charge in [-0.3, -0.25) is 0 Å². The van der Waals surface area contributed by atoms with Gasteiger partial charge in [-0.25, -0.2) is 4.79 Å². The summed E-state index contributed by atoms with van der Waals surface area (Å²) in [5.41, 5.74) is 0.00565. The van der Waals surface area contributed by atoms with Gasteiger partial charge in [0.25, 0.3) is 0 Å². The Labute approximate surface area is 89.7 Å². The second-order valence-corrected chi connectivity index (χ2v) is 4.44. The van der Waals surface area contributed by atoms with E-state index in [9.17, 15) is 17.1 Å². The molecule has 0 atom stereocenters. The first-order chi connectivity index (χ1) is 7.41. The van der Waals surface area contributed by atoms with E-state index >= 15 is 0 Å². The molecular formula is C9H6FNO4S. The Morgan fingerprint density at radius 2 is 2.06 bits per heavy atom. The van der Waals surface area contributed by atoms with Crippen LogP contribution in [0.3, 0.4) is 0 Å². The monoisotopic (exact) mass is 243 g/mol. The maximum Gasteiger partial charge on any atom is 0.336 e. The number of hydrogen-bond acceptors (Lipinski definition) is 3. The van der Waals surface area contributed by atoms with Gasteiger partial charge in [-0.15, -0.1) is 3.89 Å². The Morgan fingerprint density at radius 3 is 2.62 bits per heavy atom. The van der Waals surface area contributed by atoms with Crippen LogP contribution in [0.5, 0.6) is 0 Å². The summed E-state index contributed by atoms with van der Waals surface area (Å²) in [6, 6.07) is 4.13. The molecule has 1 heterocycles. The normalized spacial score (nSPS) is 11.8. The molecule has 2 N–H and O–H groups in total. The van der Waals surface area contributed by atoms with E-state index in [0.29, 0.717) is 0 Å². The summed E-state index contributed by atoms with van der Waals surface area (Å²) in [6.07, 6.45) is 0.937. The highest BCUT2D eigenvalue weighted by molar-refractivity contribution is 7.86. The molecule has 0 amide bonds. The quantitative estimate of drug-likeness (QED) is 0.783. The van der Waals surface area contributed by atoms with Gasteiger partial charge in [0.15, 0.2) is 0 Å². The third kappa shape index (κ3) is 1.54. The molecule has 2 aromatic rings. The van der Waals surface area contributed by atoms with Gasteiger partial charge in [-0.2, -0.15) is 8.42 Å². The lowest BCUT2D eigenvalue weighted by Crippen LogP contribution is -1.99. The minimum absolute atomic E-state index is 0.141. The van der Waals surface area contributed by atoms with Crippen LogP contribution in [0.1, 0.15) is 10.4 Å². The zero-order valence-corrected chi connectivity index (χ0v) is 8.58. The van der Waals surface area contributed by atoms with Gasteiger partial charge in [-0.1, -0.05) is 6.07 Å². The van der Waals surface area contributed by atoms with Gasteiger partial charge in [-0.05, 0) is 12.1 Å². The molecule has 0 aliphatic heterocycles. The van der Waals surface area contributed by atoms with Crippen LogP contribution < -0.4 is 0 Å². The molecule has 5 nitrogen and oxygen atoms in total. The standard InChI is InChI=1S/C9H6FNO4S/c10-16(14,15)7-4-11-6-3-1-2-5(8(6)7)9(12)13/h1-4,11H,(H,12,13). The molecule has 1 aromatic heterocycles. The van der Waals surface area contributed by atoms with E-state index in [1.807, 2.05) is 0 Å². The highest BCUT2D eigenvalue weighted by Gasteiger charge is 2.22. The number of aromatic nitrogens is 1. The first kappa shape index (κ1) is 10.6. The number of fused-ring (bicyclic) bond motifs is 1. The zero-order chi connectivity index (χ0) is 11.9. The van der Waals surface area contributed by atoms with Crippen LogP contribution in [0.15, 0.2) is 29.3 Å². The molecule has 0 aliphatic carbocycles. The Hall–Kier alpha value is -1.89. The van der Waals surface area contributed by atoms with Gasteiger partial charge in [0.1, 0.15) is 4.90 Å². The first-order valence-electron chi connectivity index (χ1n) is 4.19. The Kier molecular flexibility index (Phi) is 2.20. The molecule has 16 heavy (non-hydrogen) atoms. The van der Waals surface area contributed by atoms with E-state index in [4.69, 9.17) is 5.11 Å². The lowest BCUT2D eigenvalue weighted by molar-refractivity contribution is 0.0699. The van der Waals surface area contributed by atoms with Crippen molar-refractivity contribution in [1.29, 1.82) is 0 Å². The number of H-pyrrole nitrogens is 1. The summed E-state index contributed by atoms with van der Waals surface area (Å²) in [4.78, 5) is 12.7. The van der Waals surface area contributed by atoms with Crippen molar-refractivity contribution in [2.45, 2.75) is 4.90 Å². The van der Waals surface area contributed by atoms with E-state index < -0.39 is 21.1 Å². The molecule has 7 heteroatoms. The van der Waals surface area contributed by atoms with E-state index in [0.717, 1.165) is 6.20 Å². The molecule has 0 unspecified atom stereocenters. The van der Waals surface area contributed by atoms with E-state index in [1.54, 1.807) is 0 Å². The van der Waals surface area contributed by atoms with Gasteiger partial charge in [0.2, 0.25) is 0 Å². The first-order valence-corrected chi connectivity index (χ1v) is 5.57. The minimum atomic E-state index is -4.94. The number of aromatic carboxylic acids is 1. The summed E-state index contributed by atoms with van der Waals surface area (Å²) in [6.45, 7) is 0. The van der Waals surface area contributed by atoms with Crippen LogP contribution in [0.25, 0.3) is 10.9 Å². The number of carbonyl (C=O) groups is 1. The summed E-state index contributed by atoms with van der Waals surface area (Å²) in [7, 11) is -4.94. The number of carboxylic acids is 1. The average Bonchev–Trinajstić information content (AvgIpc) is 2.59. The summed E-state index contributed by atoms with van der Waals surface area (Å²) >= 11 is 0. The van der Waals surface area contributed by atoms with Crippen molar-refractivity contribution in [1.82, 2.24) is 4.98 Å². The zero-order valence-electron chi connectivity index (χ0n) is 7.77. The number of halogens is 1. The van der Waals surface area contributed by atoms with Crippen LogP contribution in [-0.2, 0) is 10.2 Å². The van der Waals surface area contributed by atoms with Crippen LogP contribution in [0, 0.1) is 0 Å². The number of benzene rings is 1. The summed E-state index contributed by atoms with van der Waals surface area (Å²) in [5, 5.41) is 8.72. The van der Waals surface area contributed by atoms with Gasteiger partial charge in [0, 0.05) is 17.1 Å². The third-order valence-electron chi connectivity index (χ3n) is 2.16. The fourth-order valence-corrected chi connectivity index (χ4v) is 2.19. The highest BCUT2D eigenvalue weighted by atomic mass is 32.3. The highest BCUT2D eigenvalue weighted by Crippen LogP contribution is 2.27. The number of hydrogen-bond donors (Lipinski definition) is 2. The number of carboxylic acid groups (broad SMARTS) is 1. The number of rotatable bonds is 2. The predicted octanol–water partition coefficient (Wildman–Crippen LogP) is 1.52. The molecule has 0 bridgehead atoms. The van der Waals surface area contributed by atoms with Gasteiger partial charge >= 0.3 is 16.2 Å². The Morgan fingerprint density at radius 1 is 1.38 bits per heavy atom. The van der Waals surface area contributed by atoms with Crippen molar-refractivity contribution < 1.29 is 22.2 Å². The smallest absolute Gasteiger partial charge is 0.336 e. The topological polar surface area (TPSA) is 87.2 Å². The number of aromatic amines is 1. The van der Waals surface area contributed by atoms with Crippen LogP contribution in [-0.4, -0.2) is 24.5 Å². The molecule has 0 saturated heterocycles. The fraction of sp³-hybridized carbons (Fsp3) is 0.